The van der Waals surface area contributed by atoms with Gasteiger partial charge in [-0.05, 0) is 50.5 Å². The van der Waals surface area contributed by atoms with Gasteiger partial charge in [0.25, 0.3) is 11.5 Å². The van der Waals surface area contributed by atoms with Crippen LogP contribution in [0.5, 0.6) is 5.75 Å². The molecule has 1 aliphatic heterocycles. The highest BCUT2D eigenvalue weighted by atomic mass is 35.5. The number of ether oxygens (including phenoxy) is 1. The highest BCUT2D eigenvalue weighted by Crippen LogP contribution is 2.21. The Morgan fingerprint density at radius 3 is 2.74 bits per heavy atom. The molecule has 0 spiro atoms. The Balaban J connectivity index is 1.47. The number of rotatable bonds is 5. The Labute approximate surface area is 162 Å². The number of aromatic amines is 1. The number of hydrogen-bond acceptors (Lipinski definition) is 5. The second kappa shape index (κ2) is 8.43. The van der Waals surface area contributed by atoms with Crippen molar-refractivity contribution in [2.75, 3.05) is 24.6 Å². The molecular formula is C19H23ClN4O3. The molecule has 1 fully saturated rings. The summed E-state index contributed by atoms with van der Waals surface area (Å²) in [5, 5.41) is 3.65. The maximum Gasteiger partial charge on any atom is 0.258 e. The summed E-state index contributed by atoms with van der Waals surface area (Å²) in [5.41, 5.74) is 1.43. The van der Waals surface area contributed by atoms with Crippen LogP contribution in [-0.4, -0.2) is 41.6 Å². The van der Waals surface area contributed by atoms with E-state index in [0.717, 1.165) is 18.4 Å². The van der Waals surface area contributed by atoms with E-state index in [1.54, 1.807) is 25.1 Å². The van der Waals surface area contributed by atoms with Crippen LogP contribution in [0, 0.1) is 13.8 Å². The highest BCUT2D eigenvalue weighted by molar-refractivity contribution is 6.30. The molecule has 0 radical (unpaired) electrons. The number of piperidine rings is 1. The van der Waals surface area contributed by atoms with Gasteiger partial charge in [-0.3, -0.25) is 14.6 Å². The summed E-state index contributed by atoms with van der Waals surface area (Å²) in [6.45, 7) is 5.09. The number of nitrogens with zero attached hydrogens (tertiary/aromatic N) is 2. The van der Waals surface area contributed by atoms with Crippen LogP contribution in [0.1, 0.15) is 24.1 Å². The zero-order chi connectivity index (χ0) is 19.4. The Kier molecular flexibility index (Phi) is 6.01. The Morgan fingerprint density at radius 2 is 2.07 bits per heavy atom. The van der Waals surface area contributed by atoms with Crippen molar-refractivity contribution in [3.63, 3.8) is 0 Å². The average Bonchev–Trinajstić information content (AvgIpc) is 2.61. The lowest BCUT2D eigenvalue weighted by molar-refractivity contribution is -0.123. The number of amides is 1. The number of aromatic nitrogens is 2. The molecule has 2 N–H and O–H groups in total. The second-order valence-corrected chi connectivity index (χ2v) is 7.17. The molecule has 0 unspecified atom stereocenters. The molecule has 1 aromatic heterocycles. The summed E-state index contributed by atoms with van der Waals surface area (Å²) in [6, 6.07) is 6.85. The van der Waals surface area contributed by atoms with E-state index in [-0.39, 0.29) is 24.1 Å². The van der Waals surface area contributed by atoms with Crippen LogP contribution in [0.4, 0.5) is 5.95 Å². The number of hydrogen-bond donors (Lipinski definition) is 2. The van der Waals surface area contributed by atoms with Crippen LogP contribution >= 0.6 is 11.6 Å². The molecule has 8 heteroatoms. The number of H-pyrrole nitrogens is 1. The number of halogens is 1. The van der Waals surface area contributed by atoms with E-state index in [9.17, 15) is 9.59 Å². The number of aryl methyl sites for hydroxylation is 2. The molecule has 1 aliphatic rings. The zero-order valence-corrected chi connectivity index (χ0v) is 16.2. The molecule has 1 aromatic carbocycles. The number of carbonyl (C=O) groups is 1. The minimum absolute atomic E-state index is 0.0323. The highest BCUT2D eigenvalue weighted by Gasteiger charge is 2.22. The molecule has 0 atom stereocenters. The molecule has 2 aromatic rings. The third kappa shape index (κ3) is 5.23. The molecular weight excluding hydrogens is 368 g/mol. The standard InChI is InChI=1S/C19H23ClN4O3/c1-12-9-14(20)3-4-16(12)27-11-18(26)22-15-5-7-24(8-6-15)19-21-13(2)10-17(25)23-19/h3-4,9-10,15H,5-8,11H2,1-2H3,(H,22,26)(H,21,23,25). The van der Waals surface area contributed by atoms with Gasteiger partial charge in [0.05, 0.1) is 0 Å². The minimum Gasteiger partial charge on any atom is -0.484 e. The Hall–Kier alpha value is -2.54. The molecule has 27 heavy (non-hydrogen) atoms. The molecule has 2 heterocycles. The zero-order valence-electron chi connectivity index (χ0n) is 15.4. The third-order valence-electron chi connectivity index (χ3n) is 4.51. The predicted molar refractivity (Wildman–Crippen MR) is 105 cm³/mol. The average molecular weight is 391 g/mol. The van der Waals surface area contributed by atoms with Gasteiger partial charge in [-0.15, -0.1) is 0 Å². The van der Waals surface area contributed by atoms with Gasteiger partial charge in [0, 0.05) is 35.9 Å². The lowest BCUT2D eigenvalue weighted by Gasteiger charge is -2.32. The van der Waals surface area contributed by atoms with Crippen molar-refractivity contribution in [3.05, 3.63) is 50.9 Å². The maximum atomic E-state index is 12.2. The van der Waals surface area contributed by atoms with Crippen molar-refractivity contribution in [2.45, 2.75) is 32.7 Å². The first kappa shape index (κ1) is 19.2. The van der Waals surface area contributed by atoms with E-state index in [0.29, 0.717) is 35.5 Å². The van der Waals surface area contributed by atoms with Gasteiger partial charge in [0.15, 0.2) is 6.61 Å². The van der Waals surface area contributed by atoms with Crippen LogP contribution < -0.4 is 20.5 Å². The third-order valence-corrected chi connectivity index (χ3v) is 4.75. The van der Waals surface area contributed by atoms with Crippen molar-refractivity contribution < 1.29 is 9.53 Å². The first-order valence-electron chi connectivity index (χ1n) is 8.92. The number of carbonyl (C=O) groups excluding carboxylic acids is 1. The molecule has 7 nitrogen and oxygen atoms in total. The summed E-state index contributed by atoms with van der Waals surface area (Å²) in [4.78, 5) is 32.9. The molecule has 0 saturated carbocycles. The molecule has 1 amide bonds. The predicted octanol–water partition coefficient (Wildman–Crippen LogP) is 2.20. The van der Waals surface area contributed by atoms with Crippen LogP contribution in [-0.2, 0) is 4.79 Å². The monoisotopic (exact) mass is 390 g/mol. The SMILES string of the molecule is Cc1cc(=O)[nH]c(N2CCC(NC(=O)COc3ccc(Cl)cc3C)CC2)n1. The van der Waals surface area contributed by atoms with E-state index in [1.807, 2.05) is 11.8 Å². The smallest absolute Gasteiger partial charge is 0.258 e. The van der Waals surface area contributed by atoms with Crippen LogP contribution in [0.25, 0.3) is 0 Å². The van der Waals surface area contributed by atoms with Crippen molar-refractivity contribution in [1.82, 2.24) is 15.3 Å². The summed E-state index contributed by atoms with van der Waals surface area (Å²) in [6.07, 6.45) is 1.56. The molecule has 144 valence electrons. The molecule has 0 bridgehead atoms. The molecule has 0 aliphatic carbocycles. The fourth-order valence-corrected chi connectivity index (χ4v) is 3.36. The summed E-state index contributed by atoms with van der Waals surface area (Å²) < 4.78 is 5.58. The van der Waals surface area contributed by atoms with Crippen molar-refractivity contribution in [1.29, 1.82) is 0 Å². The van der Waals surface area contributed by atoms with Crippen LogP contribution in [0.2, 0.25) is 5.02 Å². The Morgan fingerprint density at radius 1 is 1.33 bits per heavy atom. The topological polar surface area (TPSA) is 87.3 Å². The fraction of sp³-hybridized carbons (Fsp3) is 0.421. The van der Waals surface area contributed by atoms with Crippen LogP contribution in [0.3, 0.4) is 0 Å². The van der Waals surface area contributed by atoms with Crippen molar-refractivity contribution in [2.24, 2.45) is 0 Å². The maximum absolute atomic E-state index is 12.2. The summed E-state index contributed by atoms with van der Waals surface area (Å²) in [7, 11) is 0. The molecule has 1 saturated heterocycles. The van der Waals surface area contributed by atoms with Crippen LogP contribution in [0.15, 0.2) is 29.1 Å². The normalized spacial score (nSPS) is 14.9. The fourth-order valence-electron chi connectivity index (χ4n) is 3.14. The summed E-state index contributed by atoms with van der Waals surface area (Å²) in [5.74, 6) is 1.09. The van der Waals surface area contributed by atoms with Crippen molar-refractivity contribution >= 4 is 23.5 Å². The number of benzene rings is 1. The van der Waals surface area contributed by atoms with E-state index in [2.05, 4.69) is 15.3 Å². The van der Waals surface area contributed by atoms with Gasteiger partial charge in [-0.2, -0.15) is 0 Å². The van der Waals surface area contributed by atoms with Gasteiger partial charge < -0.3 is 15.0 Å². The van der Waals surface area contributed by atoms with E-state index in [1.165, 1.54) is 6.07 Å². The number of anilines is 1. The van der Waals surface area contributed by atoms with E-state index >= 15 is 0 Å². The summed E-state index contributed by atoms with van der Waals surface area (Å²) >= 11 is 5.92. The Bertz CT molecular complexity index is 875. The lowest BCUT2D eigenvalue weighted by Crippen LogP contribution is -2.46. The van der Waals surface area contributed by atoms with Gasteiger partial charge in [0.1, 0.15) is 5.75 Å². The van der Waals surface area contributed by atoms with Gasteiger partial charge >= 0.3 is 0 Å². The largest absolute Gasteiger partial charge is 0.484 e. The van der Waals surface area contributed by atoms with Gasteiger partial charge in [0.2, 0.25) is 5.95 Å². The first-order chi connectivity index (χ1) is 12.9. The van der Waals surface area contributed by atoms with Crippen molar-refractivity contribution in [3.8, 4) is 5.75 Å². The number of nitrogens with one attached hydrogen (secondary N) is 2. The lowest BCUT2D eigenvalue weighted by atomic mass is 10.1. The minimum atomic E-state index is -0.150. The van der Waals surface area contributed by atoms with Gasteiger partial charge in [-0.1, -0.05) is 11.6 Å². The first-order valence-corrected chi connectivity index (χ1v) is 9.30. The molecule has 3 rings (SSSR count). The van der Waals surface area contributed by atoms with Gasteiger partial charge in [-0.25, -0.2) is 4.98 Å². The van der Waals surface area contributed by atoms with E-state index < -0.39 is 0 Å². The second-order valence-electron chi connectivity index (χ2n) is 6.74. The quantitative estimate of drug-likeness (QED) is 0.817. The van der Waals surface area contributed by atoms with E-state index in [4.69, 9.17) is 16.3 Å².